The fourth-order valence-corrected chi connectivity index (χ4v) is 4.29. The molecular weight excluding hydrogens is 364 g/mol. The Balaban J connectivity index is 1.51. The van der Waals surface area contributed by atoms with Crippen molar-refractivity contribution in [3.8, 4) is 0 Å². The summed E-state index contributed by atoms with van der Waals surface area (Å²) in [6, 6.07) is 8.10. The molecule has 2 fully saturated rings. The zero-order valence-corrected chi connectivity index (χ0v) is 18.0. The Bertz CT molecular complexity index is 677. The molecule has 2 heterocycles. The molecule has 2 amide bonds. The number of para-hydroxylation sites is 1. The van der Waals surface area contributed by atoms with Gasteiger partial charge in [-0.15, -0.1) is 0 Å². The van der Waals surface area contributed by atoms with Crippen LogP contribution in [0.15, 0.2) is 24.3 Å². The van der Waals surface area contributed by atoms with Crippen LogP contribution >= 0.6 is 0 Å². The van der Waals surface area contributed by atoms with E-state index in [2.05, 4.69) is 34.3 Å². The number of amides is 2. The Hall–Kier alpha value is -2.08. The number of carbonyl (C=O) groups is 2. The molecule has 0 aliphatic carbocycles. The number of anilines is 1. The fourth-order valence-electron chi connectivity index (χ4n) is 4.29. The van der Waals surface area contributed by atoms with Gasteiger partial charge in [-0.3, -0.25) is 9.59 Å². The minimum absolute atomic E-state index is 0.00663. The first kappa shape index (κ1) is 21.6. The standard InChI is InChI=1S/C23H36N4O2/c1-18(2)17-22(28)25-19-9-14-27(15-10-19)21-8-4-3-7-20(21)23(29)24-11-16-26-12-5-6-13-26/h3-4,7-8,18-19H,5-6,9-17H2,1-2H3,(H,24,29)(H,25,28). The number of nitrogens with zero attached hydrogens (tertiary/aromatic N) is 2. The predicted molar refractivity (Wildman–Crippen MR) is 117 cm³/mol. The molecule has 0 atom stereocenters. The van der Waals surface area contributed by atoms with Crippen molar-refractivity contribution in [3.63, 3.8) is 0 Å². The molecule has 6 heteroatoms. The van der Waals surface area contributed by atoms with Gasteiger partial charge in [0.25, 0.3) is 5.91 Å². The zero-order valence-electron chi connectivity index (χ0n) is 18.0. The summed E-state index contributed by atoms with van der Waals surface area (Å²) in [6.45, 7) is 9.75. The maximum absolute atomic E-state index is 12.8. The van der Waals surface area contributed by atoms with Gasteiger partial charge in [-0.2, -0.15) is 0 Å². The fraction of sp³-hybridized carbons (Fsp3) is 0.652. The number of nitrogens with one attached hydrogen (secondary N) is 2. The molecule has 160 valence electrons. The summed E-state index contributed by atoms with van der Waals surface area (Å²) in [5.74, 6) is 0.536. The lowest BCUT2D eigenvalue weighted by Gasteiger charge is -2.35. The molecule has 0 aromatic heterocycles. The van der Waals surface area contributed by atoms with E-state index in [0.29, 0.717) is 18.9 Å². The summed E-state index contributed by atoms with van der Waals surface area (Å²) in [4.78, 5) is 29.5. The maximum atomic E-state index is 12.8. The van der Waals surface area contributed by atoms with Crippen LogP contribution in [0.2, 0.25) is 0 Å². The molecule has 0 spiro atoms. The normalized spacial score (nSPS) is 18.2. The monoisotopic (exact) mass is 400 g/mol. The SMILES string of the molecule is CC(C)CC(=O)NC1CCN(c2ccccc2C(=O)NCCN2CCCC2)CC1. The Labute approximate surface area is 175 Å². The summed E-state index contributed by atoms with van der Waals surface area (Å²) in [5, 5.41) is 6.26. The van der Waals surface area contributed by atoms with Gasteiger partial charge in [-0.25, -0.2) is 0 Å². The largest absolute Gasteiger partial charge is 0.371 e. The first-order valence-electron chi connectivity index (χ1n) is 11.2. The lowest BCUT2D eigenvalue weighted by atomic mass is 10.0. The highest BCUT2D eigenvalue weighted by molar-refractivity contribution is 5.99. The van der Waals surface area contributed by atoms with Crippen LogP contribution in [0.3, 0.4) is 0 Å². The highest BCUT2D eigenvalue weighted by atomic mass is 16.2. The Kier molecular flexibility index (Phi) is 7.92. The van der Waals surface area contributed by atoms with Crippen LogP contribution in [-0.4, -0.2) is 62.0 Å². The lowest BCUT2D eigenvalue weighted by molar-refractivity contribution is -0.122. The topological polar surface area (TPSA) is 64.7 Å². The molecule has 6 nitrogen and oxygen atoms in total. The van der Waals surface area contributed by atoms with Crippen molar-refractivity contribution in [1.82, 2.24) is 15.5 Å². The number of hydrogen-bond donors (Lipinski definition) is 2. The first-order valence-corrected chi connectivity index (χ1v) is 11.2. The molecule has 0 unspecified atom stereocenters. The predicted octanol–water partition coefficient (Wildman–Crippen LogP) is 2.64. The van der Waals surface area contributed by atoms with E-state index in [9.17, 15) is 9.59 Å². The second kappa shape index (κ2) is 10.6. The van der Waals surface area contributed by atoms with E-state index >= 15 is 0 Å². The number of benzene rings is 1. The van der Waals surface area contributed by atoms with Gasteiger partial charge in [0.15, 0.2) is 0 Å². The molecule has 2 aliphatic heterocycles. The summed E-state index contributed by atoms with van der Waals surface area (Å²) in [5.41, 5.74) is 1.74. The van der Waals surface area contributed by atoms with E-state index in [1.54, 1.807) is 0 Å². The van der Waals surface area contributed by atoms with Crippen LogP contribution < -0.4 is 15.5 Å². The highest BCUT2D eigenvalue weighted by Gasteiger charge is 2.24. The summed E-state index contributed by atoms with van der Waals surface area (Å²) >= 11 is 0. The van der Waals surface area contributed by atoms with Crippen molar-refractivity contribution in [1.29, 1.82) is 0 Å². The number of piperidine rings is 1. The van der Waals surface area contributed by atoms with Gasteiger partial charge in [0.2, 0.25) is 5.91 Å². The number of likely N-dealkylation sites (tertiary alicyclic amines) is 1. The molecule has 2 N–H and O–H groups in total. The molecular formula is C23H36N4O2. The zero-order chi connectivity index (χ0) is 20.6. The van der Waals surface area contributed by atoms with E-state index in [1.807, 2.05) is 24.3 Å². The molecule has 1 aromatic rings. The third kappa shape index (κ3) is 6.46. The van der Waals surface area contributed by atoms with E-state index in [1.165, 1.54) is 12.8 Å². The van der Waals surface area contributed by atoms with Crippen molar-refractivity contribution in [2.75, 3.05) is 44.2 Å². The van der Waals surface area contributed by atoms with Gasteiger partial charge >= 0.3 is 0 Å². The average molecular weight is 401 g/mol. The van der Waals surface area contributed by atoms with Crippen molar-refractivity contribution in [3.05, 3.63) is 29.8 Å². The quantitative estimate of drug-likeness (QED) is 0.704. The van der Waals surface area contributed by atoms with Crippen LogP contribution in [-0.2, 0) is 4.79 Å². The molecule has 29 heavy (non-hydrogen) atoms. The molecule has 0 bridgehead atoms. The number of hydrogen-bond acceptors (Lipinski definition) is 4. The average Bonchev–Trinajstić information content (AvgIpc) is 3.21. The second-order valence-electron chi connectivity index (χ2n) is 8.75. The lowest BCUT2D eigenvalue weighted by Crippen LogP contribution is -2.45. The molecule has 0 saturated carbocycles. The van der Waals surface area contributed by atoms with Crippen LogP contribution in [0.1, 0.15) is 56.3 Å². The smallest absolute Gasteiger partial charge is 0.253 e. The first-order chi connectivity index (χ1) is 14.0. The minimum Gasteiger partial charge on any atom is -0.371 e. The van der Waals surface area contributed by atoms with Crippen LogP contribution in [0, 0.1) is 5.92 Å². The van der Waals surface area contributed by atoms with Crippen molar-refractivity contribution in [2.45, 2.75) is 52.0 Å². The third-order valence-electron chi connectivity index (χ3n) is 5.86. The van der Waals surface area contributed by atoms with Crippen molar-refractivity contribution in [2.24, 2.45) is 5.92 Å². The van der Waals surface area contributed by atoms with Gasteiger partial charge in [-0.1, -0.05) is 26.0 Å². The number of carbonyl (C=O) groups excluding carboxylic acids is 2. The third-order valence-corrected chi connectivity index (χ3v) is 5.86. The molecule has 1 aromatic carbocycles. The van der Waals surface area contributed by atoms with E-state index in [0.717, 1.165) is 56.8 Å². The maximum Gasteiger partial charge on any atom is 0.253 e. The van der Waals surface area contributed by atoms with Gasteiger partial charge in [0, 0.05) is 44.3 Å². The van der Waals surface area contributed by atoms with Crippen molar-refractivity contribution >= 4 is 17.5 Å². The summed E-state index contributed by atoms with van der Waals surface area (Å²) in [7, 11) is 0. The molecule has 3 rings (SSSR count). The van der Waals surface area contributed by atoms with Gasteiger partial charge in [0.1, 0.15) is 0 Å². The Morgan fingerprint density at radius 2 is 1.76 bits per heavy atom. The van der Waals surface area contributed by atoms with E-state index in [-0.39, 0.29) is 17.9 Å². The number of rotatable bonds is 8. The van der Waals surface area contributed by atoms with Crippen LogP contribution in [0.25, 0.3) is 0 Å². The highest BCUT2D eigenvalue weighted by Crippen LogP contribution is 2.24. The van der Waals surface area contributed by atoms with Gasteiger partial charge in [-0.05, 0) is 56.8 Å². The van der Waals surface area contributed by atoms with Gasteiger partial charge in [0.05, 0.1) is 5.56 Å². The molecule has 2 aliphatic rings. The summed E-state index contributed by atoms with van der Waals surface area (Å²) < 4.78 is 0. The van der Waals surface area contributed by atoms with E-state index in [4.69, 9.17) is 0 Å². The Morgan fingerprint density at radius 1 is 1.07 bits per heavy atom. The van der Waals surface area contributed by atoms with E-state index < -0.39 is 0 Å². The molecule has 0 radical (unpaired) electrons. The van der Waals surface area contributed by atoms with Crippen LogP contribution in [0.5, 0.6) is 0 Å². The van der Waals surface area contributed by atoms with Crippen molar-refractivity contribution < 1.29 is 9.59 Å². The van der Waals surface area contributed by atoms with Gasteiger partial charge < -0.3 is 20.4 Å². The Morgan fingerprint density at radius 3 is 2.45 bits per heavy atom. The second-order valence-corrected chi connectivity index (χ2v) is 8.75. The molecule has 2 saturated heterocycles. The van der Waals surface area contributed by atoms with Crippen LogP contribution in [0.4, 0.5) is 5.69 Å². The summed E-state index contributed by atoms with van der Waals surface area (Å²) in [6.07, 6.45) is 4.94. The minimum atomic E-state index is 0.00663.